The van der Waals surface area contributed by atoms with Gasteiger partial charge in [-0.3, -0.25) is 4.68 Å². The van der Waals surface area contributed by atoms with Gasteiger partial charge >= 0.3 is 0 Å². The summed E-state index contributed by atoms with van der Waals surface area (Å²) in [6.45, 7) is 6.70. The molecule has 0 aliphatic rings. The Hall–Kier alpha value is -0.580. The Bertz CT molecular complexity index is 363. The highest BCUT2D eigenvalue weighted by Gasteiger charge is 2.16. The molecule has 1 aromatic rings. The minimum Gasteiger partial charge on any atom is -0.391 e. The van der Waals surface area contributed by atoms with Crippen LogP contribution in [0.25, 0.3) is 0 Å². The summed E-state index contributed by atoms with van der Waals surface area (Å²) in [5.41, 5.74) is 1.80. The predicted octanol–water partition coefficient (Wildman–Crippen LogP) is 1.54. The van der Waals surface area contributed by atoms with E-state index in [-0.39, 0.29) is 0 Å². The van der Waals surface area contributed by atoms with Crippen LogP contribution in [0.2, 0.25) is 5.02 Å². The van der Waals surface area contributed by atoms with E-state index >= 15 is 0 Å². The Labute approximate surface area is 108 Å². The second-order valence-electron chi connectivity index (χ2n) is 4.61. The summed E-state index contributed by atoms with van der Waals surface area (Å²) < 4.78 is 1.76. The van der Waals surface area contributed by atoms with Crippen molar-refractivity contribution in [3.63, 3.8) is 0 Å². The fourth-order valence-electron chi connectivity index (χ4n) is 1.71. The van der Waals surface area contributed by atoms with Gasteiger partial charge in [0.2, 0.25) is 0 Å². The first kappa shape index (κ1) is 14.5. The third-order valence-electron chi connectivity index (χ3n) is 2.69. The Morgan fingerprint density at radius 3 is 2.59 bits per heavy atom. The average molecular weight is 260 g/mol. The fraction of sp³-hybridized carbons (Fsp3) is 0.750. The maximum atomic E-state index is 9.92. The van der Waals surface area contributed by atoms with Crippen molar-refractivity contribution in [1.29, 1.82) is 0 Å². The molecule has 1 heterocycles. The molecule has 0 fully saturated rings. The standard InChI is InChI=1S/C12H22ClN3O/c1-5-10-12(13)11(16(4)15-10)6-9(17)7-14-8(2)3/h8-9,14,17H,5-7H2,1-4H3. The van der Waals surface area contributed by atoms with E-state index in [4.69, 9.17) is 11.6 Å². The molecule has 4 nitrogen and oxygen atoms in total. The van der Waals surface area contributed by atoms with Crippen LogP contribution in [0.5, 0.6) is 0 Å². The molecule has 0 aromatic carbocycles. The highest BCUT2D eigenvalue weighted by Crippen LogP contribution is 2.21. The van der Waals surface area contributed by atoms with Crippen molar-refractivity contribution >= 4 is 11.6 Å². The molecule has 0 bridgehead atoms. The van der Waals surface area contributed by atoms with Gasteiger partial charge < -0.3 is 10.4 Å². The smallest absolute Gasteiger partial charge is 0.0850 e. The zero-order chi connectivity index (χ0) is 13.0. The number of rotatable bonds is 6. The number of aromatic nitrogens is 2. The molecule has 1 unspecified atom stereocenters. The second-order valence-corrected chi connectivity index (χ2v) is 4.98. The molecule has 0 saturated heterocycles. The molecule has 0 aliphatic carbocycles. The molecule has 0 aliphatic heterocycles. The number of aryl methyl sites for hydroxylation is 2. The molecule has 0 saturated carbocycles. The third kappa shape index (κ3) is 3.98. The molecular formula is C12H22ClN3O. The number of nitrogens with one attached hydrogen (secondary N) is 1. The SMILES string of the molecule is CCc1nn(C)c(CC(O)CNC(C)C)c1Cl. The normalized spacial score (nSPS) is 13.4. The minimum atomic E-state index is -0.435. The van der Waals surface area contributed by atoms with Gasteiger partial charge in [-0.1, -0.05) is 32.4 Å². The van der Waals surface area contributed by atoms with Crippen molar-refractivity contribution in [2.24, 2.45) is 7.05 Å². The van der Waals surface area contributed by atoms with Crippen molar-refractivity contribution in [1.82, 2.24) is 15.1 Å². The summed E-state index contributed by atoms with van der Waals surface area (Å²) in [4.78, 5) is 0. The lowest BCUT2D eigenvalue weighted by atomic mass is 10.1. The van der Waals surface area contributed by atoms with Crippen LogP contribution in [-0.4, -0.2) is 33.6 Å². The highest BCUT2D eigenvalue weighted by atomic mass is 35.5. The van der Waals surface area contributed by atoms with Gasteiger partial charge in [-0.15, -0.1) is 0 Å². The predicted molar refractivity (Wildman–Crippen MR) is 70.4 cm³/mol. The van der Waals surface area contributed by atoms with Crippen LogP contribution in [0.3, 0.4) is 0 Å². The summed E-state index contributed by atoms with van der Waals surface area (Å²) in [6, 6.07) is 0.373. The van der Waals surface area contributed by atoms with Crippen LogP contribution in [-0.2, 0) is 19.9 Å². The fourth-order valence-corrected chi connectivity index (χ4v) is 2.08. The molecule has 98 valence electrons. The molecule has 1 atom stereocenters. The number of aliphatic hydroxyl groups excluding tert-OH is 1. The van der Waals surface area contributed by atoms with Crippen LogP contribution in [0.4, 0.5) is 0 Å². The van der Waals surface area contributed by atoms with Gasteiger partial charge in [0.1, 0.15) is 0 Å². The first-order valence-electron chi connectivity index (χ1n) is 6.07. The minimum absolute atomic E-state index is 0.373. The van der Waals surface area contributed by atoms with Crippen LogP contribution in [0.15, 0.2) is 0 Å². The van der Waals surface area contributed by atoms with E-state index in [1.165, 1.54) is 0 Å². The summed E-state index contributed by atoms with van der Waals surface area (Å²) >= 11 is 6.22. The highest BCUT2D eigenvalue weighted by molar-refractivity contribution is 6.31. The summed E-state index contributed by atoms with van der Waals surface area (Å²) in [7, 11) is 1.86. The zero-order valence-corrected chi connectivity index (χ0v) is 11.8. The van der Waals surface area contributed by atoms with E-state index in [9.17, 15) is 5.11 Å². The van der Waals surface area contributed by atoms with Gasteiger partial charge in [0.05, 0.1) is 22.5 Å². The van der Waals surface area contributed by atoms with E-state index in [2.05, 4.69) is 24.3 Å². The van der Waals surface area contributed by atoms with Crippen molar-refractivity contribution in [2.75, 3.05) is 6.54 Å². The molecular weight excluding hydrogens is 238 g/mol. The number of halogens is 1. The second kappa shape index (κ2) is 6.38. The molecule has 5 heteroatoms. The number of hydrogen-bond acceptors (Lipinski definition) is 3. The lowest BCUT2D eigenvalue weighted by Crippen LogP contribution is -2.33. The maximum Gasteiger partial charge on any atom is 0.0850 e. The molecule has 0 amide bonds. The monoisotopic (exact) mass is 259 g/mol. The van der Waals surface area contributed by atoms with E-state index < -0.39 is 6.10 Å². The number of nitrogens with zero attached hydrogens (tertiary/aromatic N) is 2. The Morgan fingerprint density at radius 2 is 2.12 bits per heavy atom. The van der Waals surface area contributed by atoms with Gasteiger partial charge in [-0.2, -0.15) is 5.10 Å². The van der Waals surface area contributed by atoms with Crippen molar-refractivity contribution < 1.29 is 5.11 Å². The summed E-state index contributed by atoms with van der Waals surface area (Å²) in [5.74, 6) is 0. The maximum absolute atomic E-state index is 9.92. The van der Waals surface area contributed by atoms with Gasteiger partial charge in [0, 0.05) is 26.1 Å². The average Bonchev–Trinajstić information content (AvgIpc) is 2.53. The Kier molecular flexibility index (Phi) is 5.43. The van der Waals surface area contributed by atoms with Gasteiger partial charge in [-0.05, 0) is 6.42 Å². The quantitative estimate of drug-likeness (QED) is 0.815. The van der Waals surface area contributed by atoms with Crippen molar-refractivity contribution in [3.8, 4) is 0 Å². The first-order valence-corrected chi connectivity index (χ1v) is 6.45. The molecule has 2 N–H and O–H groups in total. The number of hydrogen-bond donors (Lipinski definition) is 2. The topological polar surface area (TPSA) is 50.1 Å². The van der Waals surface area contributed by atoms with E-state index in [1.807, 2.05) is 14.0 Å². The van der Waals surface area contributed by atoms with Gasteiger partial charge in [0.25, 0.3) is 0 Å². The lowest BCUT2D eigenvalue weighted by Gasteiger charge is -2.14. The van der Waals surface area contributed by atoms with E-state index in [1.54, 1.807) is 4.68 Å². The molecule has 1 aromatic heterocycles. The molecule has 17 heavy (non-hydrogen) atoms. The lowest BCUT2D eigenvalue weighted by molar-refractivity contribution is 0.166. The summed E-state index contributed by atoms with van der Waals surface area (Å²) in [6.07, 6.45) is 0.907. The zero-order valence-electron chi connectivity index (χ0n) is 11.0. The largest absolute Gasteiger partial charge is 0.391 e. The molecule has 0 radical (unpaired) electrons. The van der Waals surface area contributed by atoms with Crippen molar-refractivity contribution in [3.05, 3.63) is 16.4 Å². The summed E-state index contributed by atoms with van der Waals surface area (Å²) in [5, 5.41) is 18.1. The van der Waals surface area contributed by atoms with Gasteiger partial charge in [0.15, 0.2) is 0 Å². The van der Waals surface area contributed by atoms with Crippen LogP contribution in [0.1, 0.15) is 32.2 Å². The Balaban J connectivity index is 2.64. The molecule has 0 spiro atoms. The van der Waals surface area contributed by atoms with Crippen LogP contribution in [0, 0.1) is 0 Å². The van der Waals surface area contributed by atoms with E-state index in [0.29, 0.717) is 24.0 Å². The van der Waals surface area contributed by atoms with Crippen molar-refractivity contribution in [2.45, 2.75) is 45.8 Å². The first-order chi connectivity index (χ1) is 7.95. The number of aliphatic hydroxyl groups is 1. The molecule has 1 rings (SSSR count). The Morgan fingerprint density at radius 1 is 1.47 bits per heavy atom. The van der Waals surface area contributed by atoms with E-state index in [0.717, 1.165) is 17.8 Å². The van der Waals surface area contributed by atoms with Crippen LogP contribution >= 0.6 is 11.6 Å². The van der Waals surface area contributed by atoms with Gasteiger partial charge in [-0.25, -0.2) is 0 Å². The third-order valence-corrected chi connectivity index (χ3v) is 3.13. The van der Waals surface area contributed by atoms with Crippen LogP contribution < -0.4 is 5.32 Å².